The number of benzene rings is 1. The van der Waals surface area contributed by atoms with E-state index in [9.17, 15) is 14.5 Å². The molecule has 1 aromatic carbocycles. The molecule has 0 unspecified atom stereocenters. The maximum Gasteiger partial charge on any atom is 0.272 e. The molecular formula is C10H9FN2O2. The largest absolute Gasteiger partial charge is 0.362 e. The summed E-state index contributed by atoms with van der Waals surface area (Å²) in [5.41, 5.74) is 0.189. The normalized spacial score (nSPS) is 14.6. The summed E-state index contributed by atoms with van der Waals surface area (Å²) in [6, 6.07) is 3.71. The molecule has 0 amide bonds. The molecule has 0 aromatic heterocycles. The van der Waals surface area contributed by atoms with Crippen LogP contribution in [0.2, 0.25) is 0 Å². The van der Waals surface area contributed by atoms with Gasteiger partial charge in [0.2, 0.25) is 0 Å². The minimum absolute atomic E-state index is 0.219. The summed E-state index contributed by atoms with van der Waals surface area (Å²) in [7, 11) is 0. The van der Waals surface area contributed by atoms with Gasteiger partial charge < -0.3 is 4.90 Å². The number of halogens is 1. The van der Waals surface area contributed by atoms with Crippen LogP contribution < -0.4 is 4.90 Å². The van der Waals surface area contributed by atoms with Crippen LogP contribution in [0.15, 0.2) is 30.4 Å². The van der Waals surface area contributed by atoms with Crippen LogP contribution in [0.3, 0.4) is 0 Å². The zero-order valence-corrected chi connectivity index (χ0v) is 7.89. The van der Waals surface area contributed by atoms with E-state index < -0.39 is 10.7 Å². The minimum atomic E-state index is -0.602. The highest BCUT2D eigenvalue weighted by molar-refractivity contribution is 5.54. The molecule has 0 aliphatic carbocycles. The van der Waals surface area contributed by atoms with E-state index in [0.29, 0.717) is 18.8 Å². The molecule has 0 bridgehead atoms. The number of non-ortho nitro benzene ring substituents is 1. The van der Waals surface area contributed by atoms with Crippen molar-refractivity contribution >= 4 is 11.4 Å². The Hall–Kier alpha value is -1.91. The van der Waals surface area contributed by atoms with Crippen molar-refractivity contribution in [3.05, 3.63) is 46.3 Å². The molecule has 0 saturated heterocycles. The fourth-order valence-corrected chi connectivity index (χ4v) is 1.54. The lowest BCUT2D eigenvalue weighted by Gasteiger charge is -2.17. The second kappa shape index (κ2) is 3.68. The first kappa shape index (κ1) is 9.64. The first-order valence-electron chi connectivity index (χ1n) is 4.52. The van der Waals surface area contributed by atoms with Crippen LogP contribution in [0.4, 0.5) is 15.8 Å². The lowest BCUT2D eigenvalue weighted by atomic mass is 10.2. The highest BCUT2D eigenvalue weighted by Gasteiger charge is 2.15. The van der Waals surface area contributed by atoms with Gasteiger partial charge in [-0.3, -0.25) is 10.1 Å². The van der Waals surface area contributed by atoms with Gasteiger partial charge in [-0.2, -0.15) is 0 Å². The Balaban J connectivity index is 2.30. The lowest BCUT2D eigenvalue weighted by Crippen LogP contribution is -2.19. The third-order valence-corrected chi connectivity index (χ3v) is 2.30. The van der Waals surface area contributed by atoms with Gasteiger partial charge in [-0.25, -0.2) is 4.39 Å². The van der Waals surface area contributed by atoms with Gasteiger partial charge >= 0.3 is 0 Å². The summed E-state index contributed by atoms with van der Waals surface area (Å²) >= 11 is 0. The Labute approximate surface area is 85.8 Å². The number of nitro groups is 1. The number of hydrogen-bond acceptors (Lipinski definition) is 3. The van der Waals surface area contributed by atoms with E-state index in [1.807, 2.05) is 12.2 Å². The van der Waals surface area contributed by atoms with Crippen molar-refractivity contribution in [1.29, 1.82) is 0 Å². The third-order valence-electron chi connectivity index (χ3n) is 2.30. The molecule has 5 heteroatoms. The molecular weight excluding hydrogens is 199 g/mol. The van der Waals surface area contributed by atoms with E-state index in [1.54, 1.807) is 4.90 Å². The van der Waals surface area contributed by atoms with Crippen LogP contribution in [-0.2, 0) is 0 Å². The molecule has 0 saturated carbocycles. The summed E-state index contributed by atoms with van der Waals surface area (Å²) < 4.78 is 13.5. The van der Waals surface area contributed by atoms with Crippen LogP contribution in [0.1, 0.15) is 0 Å². The summed E-state index contributed by atoms with van der Waals surface area (Å²) in [5, 5.41) is 10.4. The molecule has 2 rings (SSSR count). The van der Waals surface area contributed by atoms with Gasteiger partial charge in [0.15, 0.2) is 5.82 Å². The van der Waals surface area contributed by atoms with Crippen molar-refractivity contribution in [3.63, 3.8) is 0 Å². The average molecular weight is 208 g/mol. The summed E-state index contributed by atoms with van der Waals surface area (Å²) in [5.74, 6) is -0.548. The topological polar surface area (TPSA) is 46.4 Å². The monoisotopic (exact) mass is 208 g/mol. The van der Waals surface area contributed by atoms with Gasteiger partial charge in [0.1, 0.15) is 0 Å². The summed E-state index contributed by atoms with van der Waals surface area (Å²) in [4.78, 5) is 11.6. The molecule has 1 aliphatic heterocycles. The minimum Gasteiger partial charge on any atom is -0.362 e. The number of hydrogen-bond donors (Lipinski definition) is 0. The van der Waals surface area contributed by atoms with E-state index in [1.165, 1.54) is 12.1 Å². The molecule has 1 heterocycles. The Morgan fingerprint density at radius 2 is 2.00 bits per heavy atom. The van der Waals surface area contributed by atoms with Crippen molar-refractivity contribution in [1.82, 2.24) is 0 Å². The first-order valence-corrected chi connectivity index (χ1v) is 4.52. The maximum absolute atomic E-state index is 13.5. The van der Waals surface area contributed by atoms with Crippen LogP contribution in [-0.4, -0.2) is 18.0 Å². The molecule has 0 spiro atoms. The van der Waals surface area contributed by atoms with E-state index in [-0.39, 0.29) is 5.69 Å². The quantitative estimate of drug-likeness (QED) is 0.425. The number of nitrogens with zero attached hydrogens (tertiary/aromatic N) is 2. The maximum atomic E-state index is 13.5. The smallest absolute Gasteiger partial charge is 0.272 e. The predicted octanol–water partition coefficient (Wildman–Crippen LogP) is 2.11. The molecule has 0 atom stereocenters. The highest BCUT2D eigenvalue weighted by Crippen LogP contribution is 2.25. The van der Waals surface area contributed by atoms with Gasteiger partial charge in [0.25, 0.3) is 5.69 Å². The molecule has 15 heavy (non-hydrogen) atoms. The summed E-state index contributed by atoms with van der Waals surface area (Å²) in [6.07, 6.45) is 3.86. The highest BCUT2D eigenvalue weighted by atomic mass is 19.1. The standard InChI is InChI=1S/C10H9FN2O2/c11-9-7-8(13(14)15)3-4-10(9)12-5-1-2-6-12/h1-4,7H,5-6H2. The third kappa shape index (κ3) is 1.81. The van der Waals surface area contributed by atoms with Crippen LogP contribution in [0.25, 0.3) is 0 Å². The second-order valence-corrected chi connectivity index (χ2v) is 3.27. The molecule has 0 radical (unpaired) electrons. The van der Waals surface area contributed by atoms with Crippen molar-refractivity contribution < 1.29 is 9.31 Å². The Bertz CT molecular complexity index is 423. The summed E-state index contributed by atoms with van der Waals surface area (Å²) in [6.45, 7) is 1.30. The van der Waals surface area contributed by atoms with Gasteiger partial charge in [-0.1, -0.05) is 12.2 Å². The second-order valence-electron chi connectivity index (χ2n) is 3.27. The van der Waals surface area contributed by atoms with E-state index in [0.717, 1.165) is 6.07 Å². The van der Waals surface area contributed by atoms with Gasteiger partial charge in [-0.15, -0.1) is 0 Å². The average Bonchev–Trinajstić information content (AvgIpc) is 2.70. The van der Waals surface area contributed by atoms with Gasteiger partial charge in [0.05, 0.1) is 16.7 Å². The Kier molecular flexibility index (Phi) is 2.37. The molecule has 1 aromatic rings. The molecule has 78 valence electrons. The number of nitro benzene ring substituents is 1. The zero-order valence-electron chi connectivity index (χ0n) is 7.89. The van der Waals surface area contributed by atoms with Gasteiger partial charge in [0, 0.05) is 19.2 Å². The SMILES string of the molecule is O=[N+]([O-])c1ccc(N2CC=CC2)c(F)c1. The Morgan fingerprint density at radius 3 is 2.53 bits per heavy atom. The van der Waals surface area contributed by atoms with Crippen molar-refractivity contribution in [2.24, 2.45) is 0 Å². The van der Waals surface area contributed by atoms with E-state index in [4.69, 9.17) is 0 Å². The number of anilines is 1. The first-order chi connectivity index (χ1) is 7.18. The zero-order chi connectivity index (χ0) is 10.8. The number of rotatable bonds is 2. The fourth-order valence-electron chi connectivity index (χ4n) is 1.54. The van der Waals surface area contributed by atoms with E-state index >= 15 is 0 Å². The predicted molar refractivity (Wildman–Crippen MR) is 54.4 cm³/mol. The molecule has 4 nitrogen and oxygen atoms in total. The van der Waals surface area contributed by atoms with Crippen molar-refractivity contribution in [2.75, 3.05) is 18.0 Å². The van der Waals surface area contributed by atoms with Crippen molar-refractivity contribution in [2.45, 2.75) is 0 Å². The molecule has 1 aliphatic rings. The molecule has 0 fully saturated rings. The van der Waals surface area contributed by atoms with E-state index in [2.05, 4.69) is 0 Å². The van der Waals surface area contributed by atoms with Crippen LogP contribution in [0.5, 0.6) is 0 Å². The van der Waals surface area contributed by atoms with Gasteiger partial charge in [-0.05, 0) is 6.07 Å². The molecule has 0 N–H and O–H groups in total. The fraction of sp³-hybridized carbons (Fsp3) is 0.200. The van der Waals surface area contributed by atoms with Crippen LogP contribution in [0, 0.1) is 15.9 Å². The lowest BCUT2D eigenvalue weighted by molar-refractivity contribution is -0.385. The Morgan fingerprint density at radius 1 is 1.33 bits per heavy atom. The van der Waals surface area contributed by atoms with Crippen molar-refractivity contribution in [3.8, 4) is 0 Å². The van der Waals surface area contributed by atoms with Crippen LogP contribution >= 0.6 is 0 Å².